The van der Waals surface area contributed by atoms with Gasteiger partial charge >= 0.3 is 6.09 Å². The highest BCUT2D eigenvalue weighted by Crippen LogP contribution is 2.24. The maximum absolute atomic E-state index is 12.1. The van der Waals surface area contributed by atoms with Gasteiger partial charge in [-0.1, -0.05) is 0 Å². The van der Waals surface area contributed by atoms with Crippen molar-refractivity contribution in [3.63, 3.8) is 0 Å². The number of unbranched alkanes of at least 4 members (excludes halogenated alkanes) is 1. The molecule has 0 atom stereocenters. The number of nitrogens with zero attached hydrogens (tertiary/aromatic N) is 1. The Balaban J connectivity index is 2.37. The van der Waals surface area contributed by atoms with E-state index in [0.29, 0.717) is 29.4 Å². The van der Waals surface area contributed by atoms with Crippen molar-refractivity contribution in [2.45, 2.75) is 19.8 Å². The van der Waals surface area contributed by atoms with Crippen molar-refractivity contribution in [1.82, 2.24) is 10.2 Å². The van der Waals surface area contributed by atoms with Crippen LogP contribution in [-0.4, -0.2) is 42.1 Å². The van der Waals surface area contributed by atoms with Crippen LogP contribution in [0, 0.1) is 6.92 Å². The Kier molecular flexibility index (Phi) is 5.62. The summed E-state index contributed by atoms with van der Waals surface area (Å²) in [4.78, 5) is 24.7. The zero-order valence-electron chi connectivity index (χ0n) is 11.1. The number of rotatable bonds is 6. The molecule has 6 nitrogen and oxygen atoms in total. The highest BCUT2D eigenvalue weighted by atomic mass is 32.1. The first-order valence-corrected chi connectivity index (χ1v) is 6.81. The Hall–Kier alpha value is -1.76. The third kappa shape index (κ3) is 4.78. The molecule has 1 aromatic rings. The van der Waals surface area contributed by atoms with Crippen LogP contribution in [0.5, 0.6) is 0 Å². The Morgan fingerprint density at radius 1 is 1.47 bits per heavy atom. The summed E-state index contributed by atoms with van der Waals surface area (Å²) in [6, 6.07) is 1.79. The minimum absolute atomic E-state index is 0.0367. The van der Waals surface area contributed by atoms with E-state index < -0.39 is 6.09 Å². The summed E-state index contributed by atoms with van der Waals surface area (Å²) in [5.74, 6) is -0.0367. The van der Waals surface area contributed by atoms with Crippen LogP contribution in [0.1, 0.15) is 28.1 Å². The number of nitrogen functional groups attached to an aromatic ring is 1. The number of hydrogen-bond donors (Lipinski definition) is 3. The standard InChI is InChI=1S/C12H19N3O3S/c1-8-7-9(13)19-10(8)11(16)15(2)6-4-3-5-14-12(17)18/h7,14H,3-6,13H2,1-2H3,(H,17,18). The van der Waals surface area contributed by atoms with Gasteiger partial charge in [0.25, 0.3) is 5.91 Å². The predicted molar refractivity (Wildman–Crippen MR) is 75.7 cm³/mol. The number of nitrogens with two attached hydrogens (primary N) is 1. The number of thiophene rings is 1. The third-order valence-electron chi connectivity index (χ3n) is 2.67. The quantitative estimate of drug-likeness (QED) is 0.694. The fraction of sp³-hybridized carbons (Fsp3) is 0.500. The Morgan fingerprint density at radius 3 is 2.68 bits per heavy atom. The molecule has 1 aromatic heterocycles. The molecule has 0 aliphatic carbocycles. The summed E-state index contributed by atoms with van der Waals surface area (Å²) in [5, 5.41) is 11.3. The normalized spacial score (nSPS) is 10.2. The molecule has 4 N–H and O–H groups in total. The average molecular weight is 285 g/mol. The van der Waals surface area contributed by atoms with Crippen molar-refractivity contribution >= 4 is 28.3 Å². The molecule has 0 fully saturated rings. The first-order chi connectivity index (χ1) is 8.91. The van der Waals surface area contributed by atoms with E-state index in [9.17, 15) is 9.59 Å². The summed E-state index contributed by atoms with van der Waals surface area (Å²) in [7, 11) is 1.74. The SMILES string of the molecule is Cc1cc(N)sc1C(=O)N(C)CCCCNC(=O)O. The molecule has 0 bridgehead atoms. The third-order valence-corrected chi connectivity index (χ3v) is 3.73. The van der Waals surface area contributed by atoms with Gasteiger partial charge in [-0.25, -0.2) is 4.79 Å². The number of hydrogen-bond acceptors (Lipinski definition) is 4. The van der Waals surface area contributed by atoms with Gasteiger partial charge in [0.05, 0.1) is 9.88 Å². The van der Waals surface area contributed by atoms with Crippen molar-refractivity contribution in [1.29, 1.82) is 0 Å². The minimum atomic E-state index is -1.02. The number of anilines is 1. The van der Waals surface area contributed by atoms with Crippen LogP contribution in [0.25, 0.3) is 0 Å². The van der Waals surface area contributed by atoms with Gasteiger partial charge in [-0.2, -0.15) is 0 Å². The molecular weight excluding hydrogens is 266 g/mol. The van der Waals surface area contributed by atoms with Crippen molar-refractivity contribution in [2.24, 2.45) is 0 Å². The lowest BCUT2D eigenvalue weighted by atomic mass is 10.2. The second-order valence-electron chi connectivity index (χ2n) is 4.33. The fourth-order valence-electron chi connectivity index (χ4n) is 1.66. The molecule has 0 aliphatic rings. The number of carboxylic acid groups (broad SMARTS) is 1. The maximum atomic E-state index is 12.1. The zero-order valence-corrected chi connectivity index (χ0v) is 11.9. The van der Waals surface area contributed by atoms with Gasteiger partial charge in [-0.05, 0) is 31.4 Å². The zero-order chi connectivity index (χ0) is 14.4. The van der Waals surface area contributed by atoms with Crippen molar-refractivity contribution in [3.05, 3.63) is 16.5 Å². The molecule has 2 amide bonds. The number of aryl methyl sites for hydroxylation is 1. The Morgan fingerprint density at radius 2 is 2.16 bits per heavy atom. The van der Waals surface area contributed by atoms with Crippen molar-refractivity contribution in [2.75, 3.05) is 25.9 Å². The van der Waals surface area contributed by atoms with Crippen LogP contribution in [0.4, 0.5) is 9.80 Å². The first kappa shape index (κ1) is 15.3. The fourth-order valence-corrected chi connectivity index (χ4v) is 2.60. The van der Waals surface area contributed by atoms with E-state index >= 15 is 0 Å². The molecular formula is C12H19N3O3S. The van der Waals surface area contributed by atoms with Crippen LogP contribution in [-0.2, 0) is 0 Å². The average Bonchev–Trinajstić information content (AvgIpc) is 2.66. The molecule has 0 aliphatic heterocycles. The van der Waals surface area contributed by atoms with E-state index in [2.05, 4.69) is 5.32 Å². The number of nitrogens with one attached hydrogen (secondary N) is 1. The van der Waals surface area contributed by atoms with Gasteiger partial charge in [0, 0.05) is 20.1 Å². The molecule has 0 radical (unpaired) electrons. The maximum Gasteiger partial charge on any atom is 0.404 e. The van der Waals surface area contributed by atoms with Crippen LogP contribution >= 0.6 is 11.3 Å². The van der Waals surface area contributed by atoms with Gasteiger partial charge < -0.3 is 21.1 Å². The monoisotopic (exact) mass is 285 g/mol. The topological polar surface area (TPSA) is 95.7 Å². The largest absolute Gasteiger partial charge is 0.465 e. The molecule has 0 saturated heterocycles. The van der Waals surface area contributed by atoms with Crippen LogP contribution in [0.3, 0.4) is 0 Å². The summed E-state index contributed by atoms with van der Waals surface area (Å²) < 4.78 is 0. The van der Waals surface area contributed by atoms with Gasteiger partial charge in [-0.3, -0.25) is 4.79 Å². The number of carbonyl (C=O) groups is 2. The highest BCUT2D eigenvalue weighted by Gasteiger charge is 2.16. The van der Waals surface area contributed by atoms with Crippen molar-refractivity contribution < 1.29 is 14.7 Å². The molecule has 106 valence electrons. The molecule has 19 heavy (non-hydrogen) atoms. The molecule has 1 rings (SSSR count). The smallest absolute Gasteiger partial charge is 0.404 e. The van der Waals surface area contributed by atoms with Gasteiger partial charge in [0.1, 0.15) is 0 Å². The summed E-state index contributed by atoms with van der Waals surface area (Å²) in [6.07, 6.45) is 0.437. The summed E-state index contributed by atoms with van der Waals surface area (Å²) >= 11 is 1.29. The van der Waals surface area contributed by atoms with E-state index in [-0.39, 0.29) is 5.91 Å². The van der Waals surface area contributed by atoms with E-state index in [1.54, 1.807) is 18.0 Å². The van der Waals surface area contributed by atoms with E-state index in [1.807, 2.05) is 6.92 Å². The van der Waals surface area contributed by atoms with E-state index in [0.717, 1.165) is 12.0 Å². The minimum Gasteiger partial charge on any atom is -0.465 e. The lowest BCUT2D eigenvalue weighted by molar-refractivity contribution is 0.0796. The second kappa shape index (κ2) is 6.98. The van der Waals surface area contributed by atoms with Crippen molar-refractivity contribution in [3.8, 4) is 0 Å². The van der Waals surface area contributed by atoms with Gasteiger partial charge in [-0.15, -0.1) is 11.3 Å². The molecule has 1 heterocycles. The van der Waals surface area contributed by atoms with E-state index in [1.165, 1.54) is 11.3 Å². The molecule has 0 unspecified atom stereocenters. The predicted octanol–water partition coefficient (Wildman–Crippen LogP) is 1.76. The van der Waals surface area contributed by atoms with E-state index in [4.69, 9.17) is 10.8 Å². The van der Waals surface area contributed by atoms with Crippen LogP contribution in [0.15, 0.2) is 6.07 Å². The number of carbonyl (C=O) groups excluding carboxylic acids is 1. The highest BCUT2D eigenvalue weighted by molar-refractivity contribution is 7.17. The summed E-state index contributed by atoms with van der Waals surface area (Å²) in [6.45, 7) is 2.87. The van der Waals surface area contributed by atoms with Crippen LogP contribution in [0.2, 0.25) is 0 Å². The molecule has 0 saturated carbocycles. The Bertz CT molecular complexity index is 459. The van der Waals surface area contributed by atoms with Crippen LogP contribution < -0.4 is 11.1 Å². The molecule has 7 heteroatoms. The second-order valence-corrected chi connectivity index (χ2v) is 5.41. The van der Waals surface area contributed by atoms with Gasteiger partial charge in [0.15, 0.2) is 0 Å². The first-order valence-electron chi connectivity index (χ1n) is 6.00. The molecule has 0 spiro atoms. The lowest BCUT2D eigenvalue weighted by Crippen LogP contribution is -2.28. The number of amides is 2. The Labute approximate surface area is 116 Å². The van der Waals surface area contributed by atoms with Gasteiger partial charge in [0.2, 0.25) is 0 Å². The summed E-state index contributed by atoms with van der Waals surface area (Å²) in [5.41, 5.74) is 6.56. The molecule has 0 aromatic carbocycles. The lowest BCUT2D eigenvalue weighted by Gasteiger charge is -2.16.